The molecule has 2 unspecified atom stereocenters. The van der Waals surface area contributed by atoms with Crippen LogP contribution < -0.4 is 5.32 Å². The smallest absolute Gasteiger partial charge is 0.182 e. The molecule has 0 bridgehead atoms. The van der Waals surface area contributed by atoms with Gasteiger partial charge in [0.05, 0.1) is 5.69 Å². The molecular weight excluding hydrogens is 240 g/mol. The van der Waals surface area contributed by atoms with Gasteiger partial charge in [-0.1, -0.05) is 13.3 Å². The Morgan fingerprint density at radius 1 is 1.56 bits per heavy atom. The second-order valence-electron chi connectivity index (χ2n) is 4.51. The summed E-state index contributed by atoms with van der Waals surface area (Å²) in [4.78, 5) is 4.51. The first-order valence-corrected chi connectivity index (χ1v) is 7.42. The van der Waals surface area contributed by atoms with Gasteiger partial charge >= 0.3 is 0 Å². The Hall–Kier alpha value is -0.280. The minimum atomic E-state index is 0.392. The third kappa shape index (κ3) is 3.36. The molecule has 2 atom stereocenters. The Kier molecular flexibility index (Phi) is 4.47. The third-order valence-corrected chi connectivity index (χ3v) is 4.42. The molecule has 2 rings (SSSR count). The normalized spacial score (nSPS) is 25.6. The van der Waals surface area contributed by atoms with Crippen molar-refractivity contribution in [2.75, 3.05) is 11.9 Å². The summed E-state index contributed by atoms with van der Waals surface area (Å²) in [7, 11) is 0. The summed E-state index contributed by atoms with van der Waals surface area (Å²) in [6.45, 7) is 3.16. The Morgan fingerprint density at radius 3 is 3.12 bits per heavy atom. The van der Waals surface area contributed by atoms with E-state index in [4.69, 9.17) is 11.6 Å². The van der Waals surface area contributed by atoms with Crippen LogP contribution in [-0.2, 0) is 6.42 Å². The molecule has 0 aromatic carbocycles. The average Bonchev–Trinajstić information content (AvgIpc) is 2.74. The van der Waals surface area contributed by atoms with E-state index in [0.717, 1.165) is 30.4 Å². The number of halogens is 1. The SMILES string of the molecule is CCc1csc(NCC2CCCC(Cl)C2)n1. The van der Waals surface area contributed by atoms with Gasteiger partial charge in [0.2, 0.25) is 0 Å². The summed E-state index contributed by atoms with van der Waals surface area (Å²) >= 11 is 7.89. The molecule has 1 aliphatic carbocycles. The first kappa shape index (κ1) is 12.2. The molecule has 1 fully saturated rings. The molecule has 0 amide bonds. The van der Waals surface area contributed by atoms with Crippen LogP contribution in [0.15, 0.2) is 5.38 Å². The van der Waals surface area contributed by atoms with Crippen LogP contribution in [0.25, 0.3) is 0 Å². The van der Waals surface area contributed by atoms with Crippen molar-refractivity contribution in [3.63, 3.8) is 0 Å². The highest BCUT2D eigenvalue weighted by Crippen LogP contribution is 2.28. The lowest BCUT2D eigenvalue weighted by Gasteiger charge is -2.25. The molecule has 0 spiro atoms. The van der Waals surface area contributed by atoms with Crippen LogP contribution in [0.2, 0.25) is 0 Å². The van der Waals surface area contributed by atoms with Crippen molar-refractivity contribution >= 4 is 28.1 Å². The molecule has 1 saturated carbocycles. The van der Waals surface area contributed by atoms with E-state index >= 15 is 0 Å². The molecule has 1 heterocycles. The van der Waals surface area contributed by atoms with E-state index in [1.165, 1.54) is 25.0 Å². The number of thiazole rings is 1. The van der Waals surface area contributed by atoms with Crippen molar-refractivity contribution in [3.8, 4) is 0 Å². The lowest BCUT2D eigenvalue weighted by molar-refractivity contribution is 0.378. The van der Waals surface area contributed by atoms with E-state index in [1.54, 1.807) is 11.3 Å². The zero-order valence-electron chi connectivity index (χ0n) is 9.71. The van der Waals surface area contributed by atoms with E-state index < -0.39 is 0 Å². The maximum Gasteiger partial charge on any atom is 0.182 e. The minimum Gasteiger partial charge on any atom is -0.361 e. The summed E-state index contributed by atoms with van der Waals surface area (Å²) in [6, 6.07) is 0. The molecular formula is C12H19ClN2S. The summed E-state index contributed by atoms with van der Waals surface area (Å²) in [5.74, 6) is 0.727. The van der Waals surface area contributed by atoms with E-state index in [1.807, 2.05) is 0 Å². The highest BCUT2D eigenvalue weighted by molar-refractivity contribution is 7.13. The molecule has 4 heteroatoms. The number of hydrogen-bond acceptors (Lipinski definition) is 3. The van der Waals surface area contributed by atoms with Crippen LogP contribution in [0.1, 0.15) is 38.3 Å². The minimum absolute atomic E-state index is 0.392. The van der Waals surface area contributed by atoms with Crippen molar-refractivity contribution in [1.29, 1.82) is 0 Å². The van der Waals surface area contributed by atoms with Crippen molar-refractivity contribution in [2.45, 2.75) is 44.4 Å². The van der Waals surface area contributed by atoms with E-state index in [2.05, 4.69) is 22.6 Å². The van der Waals surface area contributed by atoms with Gasteiger partial charge in [0.25, 0.3) is 0 Å². The Morgan fingerprint density at radius 2 is 2.44 bits per heavy atom. The van der Waals surface area contributed by atoms with Crippen LogP contribution in [-0.4, -0.2) is 16.9 Å². The quantitative estimate of drug-likeness (QED) is 0.829. The highest BCUT2D eigenvalue weighted by atomic mass is 35.5. The van der Waals surface area contributed by atoms with Crippen LogP contribution >= 0.6 is 22.9 Å². The number of aromatic nitrogens is 1. The van der Waals surface area contributed by atoms with E-state index in [0.29, 0.717) is 5.38 Å². The zero-order valence-corrected chi connectivity index (χ0v) is 11.3. The van der Waals surface area contributed by atoms with Gasteiger partial charge in [-0.15, -0.1) is 22.9 Å². The molecule has 1 N–H and O–H groups in total. The largest absolute Gasteiger partial charge is 0.361 e. The fourth-order valence-electron chi connectivity index (χ4n) is 2.19. The van der Waals surface area contributed by atoms with Gasteiger partial charge in [0, 0.05) is 17.3 Å². The van der Waals surface area contributed by atoms with Crippen LogP contribution in [0.4, 0.5) is 5.13 Å². The number of alkyl halides is 1. The predicted molar refractivity (Wildman–Crippen MR) is 71.6 cm³/mol. The summed E-state index contributed by atoms with van der Waals surface area (Å²) in [5.41, 5.74) is 1.19. The van der Waals surface area contributed by atoms with Crippen LogP contribution in [0, 0.1) is 5.92 Å². The van der Waals surface area contributed by atoms with Crippen LogP contribution in [0.5, 0.6) is 0 Å². The second kappa shape index (κ2) is 5.87. The fraction of sp³-hybridized carbons (Fsp3) is 0.750. The Balaban J connectivity index is 1.78. The monoisotopic (exact) mass is 258 g/mol. The summed E-state index contributed by atoms with van der Waals surface area (Å²) in [5, 5.41) is 7.03. The van der Waals surface area contributed by atoms with E-state index in [9.17, 15) is 0 Å². The van der Waals surface area contributed by atoms with Gasteiger partial charge in [0.15, 0.2) is 5.13 Å². The van der Waals surface area contributed by atoms with Crippen molar-refractivity contribution in [2.24, 2.45) is 5.92 Å². The first-order valence-electron chi connectivity index (χ1n) is 6.10. The maximum atomic E-state index is 6.18. The Bertz CT molecular complexity index is 327. The van der Waals surface area contributed by atoms with Crippen molar-refractivity contribution < 1.29 is 0 Å². The van der Waals surface area contributed by atoms with Gasteiger partial charge in [-0.3, -0.25) is 0 Å². The molecule has 1 aliphatic rings. The number of aryl methyl sites for hydroxylation is 1. The number of rotatable bonds is 4. The lowest BCUT2D eigenvalue weighted by Crippen LogP contribution is -2.22. The highest BCUT2D eigenvalue weighted by Gasteiger charge is 2.20. The second-order valence-corrected chi connectivity index (χ2v) is 5.98. The van der Waals surface area contributed by atoms with Gasteiger partial charge in [-0.05, 0) is 31.6 Å². The number of nitrogens with zero attached hydrogens (tertiary/aromatic N) is 1. The number of anilines is 1. The average molecular weight is 259 g/mol. The number of nitrogens with one attached hydrogen (secondary N) is 1. The van der Waals surface area contributed by atoms with E-state index in [-0.39, 0.29) is 0 Å². The standard InChI is InChI=1S/C12H19ClN2S/c1-2-11-8-16-12(15-11)14-7-9-4-3-5-10(13)6-9/h8-10H,2-7H2,1H3,(H,14,15). The summed E-state index contributed by atoms with van der Waals surface area (Å²) < 4.78 is 0. The van der Waals surface area contributed by atoms with Crippen molar-refractivity contribution in [1.82, 2.24) is 4.98 Å². The molecule has 1 aromatic heterocycles. The van der Waals surface area contributed by atoms with Gasteiger partial charge in [-0.25, -0.2) is 4.98 Å². The predicted octanol–water partition coefficient (Wildman–Crippen LogP) is 3.92. The van der Waals surface area contributed by atoms with Crippen molar-refractivity contribution in [3.05, 3.63) is 11.1 Å². The first-order chi connectivity index (χ1) is 7.78. The summed E-state index contributed by atoms with van der Waals surface area (Å²) in [6.07, 6.45) is 5.95. The molecule has 16 heavy (non-hydrogen) atoms. The topological polar surface area (TPSA) is 24.9 Å². The van der Waals surface area contributed by atoms with Gasteiger partial charge < -0.3 is 5.32 Å². The fourth-order valence-corrected chi connectivity index (χ4v) is 3.40. The third-order valence-electron chi connectivity index (χ3n) is 3.17. The van der Waals surface area contributed by atoms with Gasteiger partial charge in [-0.2, -0.15) is 0 Å². The molecule has 1 aromatic rings. The van der Waals surface area contributed by atoms with Crippen LogP contribution in [0.3, 0.4) is 0 Å². The maximum absolute atomic E-state index is 6.18. The molecule has 0 saturated heterocycles. The Labute approximate surface area is 106 Å². The molecule has 0 radical (unpaired) electrons. The van der Waals surface area contributed by atoms with Gasteiger partial charge in [0.1, 0.15) is 0 Å². The molecule has 0 aliphatic heterocycles. The lowest BCUT2D eigenvalue weighted by atomic mass is 9.89. The zero-order chi connectivity index (χ0) is 11.4. The molecule has 90 valence electrons. The number of hydrogen-bond donors (Lipinski definition) is 1. The molecule has 2 nitrogen and oxygen atoms in total.